The molecule has 0 spiro atoms. The molecule has 0 aliphatic rings. The number of halogens is 1. The number of para-hydroxylation sites is 1. The second-order valence-corrected chi connectivity index (χ2v) is 8.04. The third-order valence-electron chi connectivity index (χ3n) is 5.16. The number of aryl methyl sites for hydroxylation is 1. The molecule has 30 heavy (non-hydrogen) atoms. The van der Waals surface area contributed by atoms with Crippen molar-refractivity contribution in [2.45, 2.75) is 27.7 Å². The number of benzene rings is 2. The van der Waals surface area contributed by atoms with E-state index in [1.165, 1.54) is 18.3 Å². The number of ketones is 1. The first-order valence-electron chi connectivity index (χ1n) is 9.96. The summed E-state index contributed by atoms with van der Waals surface area (Å²) in [5.41, 5.74) is 3.21. The van der Waals surface area contributed by atoms with Crippen molar-refractivity contribution in [1.82, 2.24) is 9.88 Å². The standard InChI is InChI=1S/C23H27N3O2S.ClH/c1-5-25(6-2)14-15-26(22(28)19-12-10-18(11-13-19)17(4)27)23-24-21-16(3)8-7-9-20(21)29-23;/h7-13H,5-6,14-15H2,1-4H3;1H. The fraction of sp³-hybridized carbons (Fsp3) is 0.348. The van der Waals surface area contributed by atoms with E-state index < -0.39 is 0 Å². The number of rotatable bonds is 8. The van der Waals surface area contributed by atoms with Crippen LogP contribution in [0.15, 0.2) is 42.5 Å². The van der Waals surface area contributed by atoms with Crippen LogP contribution in [0.4, 0.5) is 5.13 Å². The first kappa shape index (κ1) is 24.0. The Labute approximate surface area is 188 Å². The van der Waals surface area contributed by atoms with Gasteiger partial charge in [0.2, 0.25) is 0 Å². The molecule has 1 amide bonds. The summed E-state index contributed by atoms with van der Waals surface area (Å²) in [4.78, 5) is 33.8. The van der Waals surface area contributed by atoms with Crippen molar-refractivity contribution in [3.63, 3.8) is 0 Å². The fourth-order valence-electron chi connectivity index (χ4n) is 3.26. The molecule has 0 radical (unpaired) electrons. The largest absolute Gasteiger partial charge is 0.302 e. The lowest BCUT2D eigenvalue weighted by atomic mass is 10.1. The minimum atomic E-state index is -0.0935. The number of carbonyl (C=O) groups is 2. The van der Waals surface area contributed by atoms with Crippen LogP contribution in [0.5, 0.6) is 0 Å². The number of hydrogen-bond donors (Lipinski definition) is 0. The van der Waals surface area contributed by atoms with E-state index in [0.717, 1.165) is 35.4 Å². The number of aromatic nitrogens is 1. The number of likely N-dealkylation sites (N-methyl/N-ethyl adjacent to an activating group) is 1. The number of anilines is 1. The summed E-state index contributed by atoms with van der Waals surface area (Å²) in [6.45, 7) is 11.0. The molecule has 0 aliphatic carbocycles. The monoisotopic (exact) mass is 445 g/mol. The van der Waals surface area contributed by atoms with Crippen LogP contribution >= 0.6 is 23.7 Å². The molecular formula is C23H28ClN3O2S. The predicted octanol–water partition coefficient (Wildman–Crippen LogP) is 5.22. The van der Waals surface area contributed by atoms with Crippen LogP contribution in [0.25, 0.3) is 10.2 Å². The summed E-state index contributed by atoms with van der Waals surface area (Å²) in [5.74, 6) is -0.104. The molecule has 0 atom stereocenters. The second-order valence-electron chi connectivity index (χ2n) is 7.04. The van der Waals surface area contributed by atoms with E-state index in [4.69, 9.17) is 4.98 Å². The van der Waals surface area contributed by atoms with Crippen LogP contribution in [0.1, 0.15) is 47.1 Å². The zero-order valence-electron chi connectivity index (χ0n) is 17.8. The van der Waals surface area contributed by atoms with Gasteiger partial charge < -0.3 is 4.90 Å². The summed E-state index contributed by atoms with van der Waals surface area (Å²) in [6.07, 6.45) is 0. The van der Waals surface area contributed by atoms with E-state index in [9.17, 15) is 9.59 Å². The zero-order valence-corrected chi connectivity index (χ0v) is 19.5. The van der Waals surface area contributed by atoms with E-state index >= 15 is 0 Å². The molecule has 5 nitrogen and oxygen atoms in total. The van der Waals surface area contributed by atoms with Crippen molar-refractivity contribution >= 4 is 50.8 Å². The molecule has 0 saturated carbocycles. The molecule has 7 heteroatoms. The molecule has 2 aromatic carbocycles. The lowest BCUT2D eigenvalue weighted by molar-refractivity contribution is 0.0980. The van der Waals surface area contributed by atoms with Crippen LogP contribution in [0.2, 0.25) is 0 Å². The number of Topliss-reactive ketones (excluding diaryl/α,β-unsaturated/α-hetero) is 1. The van der Waals surface area contributed by atoms with Crippen molar-refractivity contribution < 1.29 is 9.59 Å². The maximum Gasteiger partial charge on any atom is 0.260 e. The van der Waals surface area contributed by atoms with Gasteiger partial charge in [-0.25, -0.2) is 4.98 Å². The first-order chi connectivity index (χ1) is 13.9. The highest BCUT2D eigenvalue weighted by atomic mass is 35.5. The molecule has 1 aromatic heterocycles. The average molecular weight is 446 g/mol. The Morgan fingerprint density at radius 2 is 1.60 bits per heavy atom. The molecule has 0 aliphatic heterocycles. The minimum Gasteiger partial charge on any atom is -0.302 e. The fourth-order valence-corrected chi connectivity index (χ4v) is 4.33. The minimum absolute atomic E-state index is 0. The third kappa shape index (κ3) is 5.25. The molecule has 1 heterocycles. The van der Waals surface area contributed by atoms with E-state index in [1.54, 1.807) is 29.2 Å². The van der Waals surface area contributed by atoms with Gasteiger partial charge in [-0.2, -0.15) is 0 Å². The predicted molar refractivity (Wildman–Crippen MR) is 128 cm³/mol. The summed E-state index contributed by atoms with van der Waals surface area (Å²) < 4.78 is 1.08. The van der Waals surface area contributed by atoms with Gasteiger partial charge >= 0.3 is 0 Å². The topological polar surface area (TPSA) is 53.5 Å². The number of thiazole rings is 1. The van der Waals surface area contributed by atoms with Crippen molar-refractivity contribution in [3.05, 3.63) is 59.2 Å². The van der Waals surface area contributed by atoms with Crippen molar-refractivity contribution in [2.75, 3.05) is 31.1 Å². The Kier molecular flexibility index (Phi) is 8.53. The van der Waals surface area contributed by atoms with Gasteiger partial charge in [-0.15, -0.1) is 12.4 Å². The Balaban J connectivity index is 0.00000320. The molecule has 0 unspecified atom stereocenters. The van der Waals surface area contributed by atoms with Gasteiger partial charge in [-0.3, -0.25) is 14.5 Å². The Bertz CT molecular complexity index is 1010. The van der Waals surface area contributed by atoms with Crippen molar-refractivity contribution in [3.8, 4) is 0 Å². The van der Waals surface area contributed by atoms with Gasteiger partial charge in [-0.05, 0) is 50.7 Å². The molecule has 0 saturated heterocycles. The number of amides is 1. The van der Waals surface area contributed by atoms with Crippen LogP contribution < -0.4 is 4.90 Å². The summed E-state index contributed by atoms with van der Waals surface area (Å²) >= 11 is 1.54. The van der Waals surface area contributed by atoms with Gasteiger partial charge in [0.1, 0.15) is 0 Å². The number of carbonyl (C=O) groups excluding carboxylic acids is 2. The molecule has 0 fully saturated rings. The molecular weight excluding hydrogens is 418 g/mol. The second kappa shape index (κ2) is 10.7. The highest BCUT2D eigenvalue weighted by Gasteiger charge is 2.22. The number of nitrogens with zero attached hydrogens (tertiary/aromatic N) is 3. The van der Waals surface area contributed by atoms with Gasteiger partial charge in [0.15, 0.2) is 10.9 Å². The van der Waals surface area contributed by atoms with Crippen molar-refractivity contribution in [2.24, 2.45) is 0 Å². The smallest absolute Gasteiger partial charge is 0.260 e. The highest BCUT2D eigenvalue weighted by Crippen LogP contribution is 2.31. The van der Waals surface area contributed by atoms with Gasteiger partial charge in [0.05, 0.1) is 10.2 Å². The third-order valence-corrected chi connectivity index (χ3v) is 6.20. The quantitative estimate of drug-likeness (QED) is 0.446. The highest BCUT2D eigenvalue weighted by molar-refractivity contribution is 7.22. The van der Waals surface area contributed by atoms with E-state index in [2.05, 4.69) is 18.7 Å². The lowest BCUT2D eigenvalue weighted by Gasteiger charge is -2.24. The molecule has 0 N–H and O–H groups in total. The summed E-state index contributed by atoms with van der Waals surface area (Å²) in [6, 6.07) is 13.0. The normalized spacial score (nSPS) is 10.8. The number of hydrogen-bond acceptors (Lipinski definition) is 5. The van der Waals surface area contributed by atoms with E-state index in [-0.39, 0.29) is 24.1 Å². The molecule has 0 bridgehead atoms. The SMILES string of the molecule is CCN(CC)CCN(C(=O)c1ccc(C(C)=O)cc1)c1nc2c(C)cccc2s1.Cl. The van der Waals surface area contributed by atoms with E-state index in [1.807, 2.05) is 25.1 Å². The van der Waals surface area contributed by atoms with Crippen LogP contribution in [-0.4, -0.2) is 47.8 Å². The van der Waals surface area contributed by atoms with Gasteiger partial charge in [0, 0.05) is 24.2 Å². The Morgan fingerprint density at radius 3 is 2.17 bits per heavy atom. The van der Waals surface area contributed by atoms with Crippen LogP contribution in [0.3, 0.4) is 0 Å². The summed E-state index contributed by atoms with van der Waals surface area (Å²) in [5, 5.41) is 0.710. The maximum absolute atomic E-state index is 13.4. The Morgan fingerprint density at radius 1 is 0.967 bits per heavy atom. The van der Waals surface area contributed by atoms with Crippen LogP contribution in [0, 0.1) is 6.92 Å². The van der Waals surface area contributed by atoms with E-state index in [0.29, 0.717) is 22.8 Å². The maximum atomic E-state index is 13.4. The number of fused-ring (bicyclic) bond motifs is 1. The molecule has 160 valence electrons. The lowest BCUT2D eigenvalue weighted by Crippen LogP contribution is -2.38. The van der Waals surface area contributed by atoms with Gasteiger partial charge in [-0.1, -0.05) is 49.4 Å². The first-order valence-corrected chi connectivity index (χ1v) is 10.8. The van der Waals surface area contributed by atoms with Gasteiger partial charge in [0.25, 0.3) is 5.91 Å². The summed E-state index contributed by atoms with van der Waals surface area (Å²) in [7, 11) is 0. The van der Waals surface area contributed by atoms with Crippen LogP contribution in [-0.2, 0) is 0 Å². The zero-order chi connectivity index (χ0) is 21.0. The molecule has 3 aromatic rings. The molecule has 3 rings (SSSR count). The average Bonchev–Trinajstić information content (AvgIpc) is 3.16. The van der Waals surface area contributed by atoms with Crippen molar-refractivity contribution in [1.29, 1.82) is 0 Å². The Hall–Kier alpha value is -2.28.